The van der Waals surface area contributed by atoms with Crippen LogP contribution in [0.15, 0.2) is 85.1 Å². The lowest BCUT2D eigenvalue weighted by Crippen LogP contribution is -2.40. The minimum absolute atomic E-state index is 0.184. The van der Waals surface area contributed by atoms with Gasteiger partial charge in [0.15, 0.2) is 6.10 Å². The fourth-order valence-electron chi connectivity index (χ4n) is 12.4. The average molecular weight is 1360 g/mol. The fraction of sp³-hybridized carbons (Fsp3) is 0.807. The lowest BCUT2D eigenvalue weighted by molar-refractivity contribution is -0.870. The molecular weight excluding hydrogens is 1200 g/mol. The first-order chi connectivity index (χ1) is 47.6. The lowest BCUT2D eigenvalue weighted by Gasteiger charge is -2.25. The van der Waals surface area contributed by atoms with Crippen molar-refractivity contribution in [1.29, 1.82) is 0 Å². The first-order valence-corrected chi connectivity index (χ1v) is 41.8. The van der Waals surface area contributed by atoms with Gasteiger partial charge < -0.3 is 28.5 Å². The Morgan fingerprint density at radius 2 is 0.588 bits per heavy atom. The molecule has 97 heavy (non-hydrogen) atoms. The molecule has 0 aromatic rings. The van der Waals surface area contributed by atoms with Crippen LogP contribution in [0.4, 0.5) is 0 Å². The molecule has 0 saturated heterocycles. The van der Waals surface area contributed by atoms with E-state index < -0.39 is 24.3 Å². The van der Waals surface area contributed by atoms with E-state index in [1.54, 1.807) is 0 Å². The maximum Gasteiger partial charge on any atom is 0.361 e. The first-order valence-electron chi connectivity index (χ1n) is 41.8. The van der Waals surface area contributed by atoms with E-state index in [0.29, 0.717) is 23.9 Å². The molecule has 9 heteroatoms. The van der Waals surface area contributed by atoms with E-state index in [9.17, 15) is 19.5 Å². The summed E-state index contributed by atoms with van der Waals surface area (Å²) in [5, 5.41) is 9.78. The monoisotopic (exact) mass is 1360 g/mol. The molecule has 0 aromatic carbocycles. The summed E-state index contributed by atoms with van der Waals surface area (Å²) >= 11 is 0. The van der Waals surface area contributed by atoms with Crippen molar-refractivity contribution in [2.75, 3.05) is 47.5 Å². The highest BCUT2D eigenvalue weighted by Gasteiger charge is 2.25. The molecule has 2 unspecified atom stereocenters. The van der Waals surface area contributed by atoms with E-state index in [4.69, 9.17) is 18.9 Å². The van der Waals surface area contributed by atoms with Crippen molar-refractivity contribution in [3.05, 3.63) is 85.1 Å². The number of hydrogen-bond acceptors (Lipinski definition) is 7. The number of carboxylic acid groups (broad SMARTS) is 1. The lowest BCUT2D eigenvalue weighted by atomic mass is 10.0. The molecule has 0 spiro atoms. The first kappa shape index (κ1) is 93.5. The van der Waals surface area contributed by atoms with Crippen LogP contribution >= 0.6 is 0 Å². The van der Waals surface area contributed by atoms with Gasteiger partial charge >= 0.3 is 17.9 Å². The number of esters is 2. The van der Waals surface area contributed by atoms with Crippen molar-refractivity contribution in [3.8, 4) is 0 Å². The van der Waals surface area contributed by atoms with Crippen LogP contribution in [0, 0.1) is 0 Å². The van der Waals surface area contributed by atoms with E-state index in [1.165, 1.54) is 276 Å². The van der Waals surface area contributed by atoms with Crippen molar-refractivity contribution in [1.82, 2.24) is 0 Å². The average Bonchev–Trinajstić information content (AvgIpc) is 2.39. The summed E-state index contributed by atoms with van der Waals surface area (Å²) in [6, 6.07) is 0. The number of hydrogen-bond donors (Lipinski definition) is 1. The van der Waals surface area contributed by atoms with Crippen LogP contribution in [-0.4, -0.2) is 87.4 Å². The maximum atomic E-state index is 13.0. The van der Waals surface area contributed by atoms with Gasteiger partial charge in [0.25, 0.3) is 6.29 Å². The quantitative estimate of drug-likeness (QED) is 0.0211. The van der Waals surface area contributed by atoms with Gasteiger partial charge in [-0.1, -0.05) is 401 Å². The number of unbranched alkanes of at least 4 members (excludes halogenated alkanes) is 49. The van der Waals surface area contributed by atoms with Gasteiger partial charge in [-0.15, -0.1) is 0 Å². The van der Waals surface area contributed by atoms with Crippen LogP contribution in [-0.2, 0) is 33.3 Å². The van der Waals surface area contributed by atoms with Gasteiger partial charge in [-0.25, -0.2) is 4.79 Å². The molecule has 0 heterocycles. The second-order valence-electron chi connectivity index (χ2n) is 29.4. The Hall–Kier alpha value is -3.53. The van der Waals surface area contributed by atoms with Crippen LogP contribution in [0.2, 0.25) is 0 Å². The predicted octanol–water partition coefficient (Wildman–Crippen LogP) is 26.9. The van der Waals surface area contributed by atoms with Gasteiger partial charge in [0, 0.05) is 12.8 Å². The van der Waals surface area contributed by atoms with E-state index >= 15 is 0 Å². The van der Waals surface area contributed by atoms with Crippen molar-refractivity contribution in [2.45, 2.75) is 411 Å². The highest BCUT2D eigenvalue weighted by molar-refractivity contribution is 5.71. The number of ether oxygens (including phenoxy) is 4. The van der Waals surface area contributed by atoms with Crippen LogP contribution in [0.1, 0.15) is 399 Å². The standard InChI is InChI=1S/C88H159NO8/c1-6-8-10-12-14-16-18-20-22-24-26-28-30-32-34-36-38-39-40-41-42-43-44-45-46-47-49-50-52-54-56-58-60-62-64-66-68-70-72-74-76-78-85(90)95-82-84(83-96-88(87(92)93)94-81-80-89(3,4)5)97-86(91)79-77-75-73-71-69-67-65-63-61-59-57-55-53-51-48-37-35-33-31-29-27-25-23-21-19-17-15-13-11-9-7-2/h9,11,15,17,21,23,27,29,33,35,48,51,55,57,84,88H,6-8,10,12-14,16,18-20,22,24-26,28,30-32,34,36-47,49-50,52-54,56,58-83H2,1-5H3/p+1/b11-9-,17-15-,23-21-,29-27-,35-33-,51-48-,57-55-. The summed E-state index contributed by atoms with van der Waals surface area (Å²) in [5.74, 6) is -2.00. The molecule has 9 nitrogen and oxygen atoms in total. The normalized spacial score (nSPS) is 13.0. The molecule has 0 aliphatic carbocycles. The summed E-state index contributed by atoms with van der Waals surface area (Å²) in [4.78, 5) is 37.8. The molecule has 0 amide bonds. The van der Waals surface area contributed by atoms with Crippen LogP contribution in [0.5, 0.6) is 0 Å². The second-order valence-corrected chi connectivity index (χ2v) is 29.4. The number of allylic oxidation sites excluding steroid dienone is 14. The molecule has 0 radical (unpaired) electrons. The largest absolute Gasteiger partial charge is 0.477 e. The zero-order valence-electron chi connectivity index (χ0n) is 64.7. The summed E-state index contributed by atoms with van der Waals surface area (Å²) in [6.45, 7) is 4.81. The molecule has 0 saturated carbocycles. The third-order valence-corrected chi connectivity index (χ3v) is 18.7. The van der Waals surface area contributed by atoms with Gasteiger partial charge in [0.2, 0.25) is 0 Å². The molecule has 2 atom stereocenters. The van der Waals surface area contributed by atoms with E-state index in [2.05, 4.69) is 98.9 Å². The molecule has 1 N–H and O–H groups in total. The second kappa shape index (κ2) is 78.2. The summed E-state index contributed by atoms with van der Waals surface area (Å²) < 4.78 is 23.0. The molecule has 0 bridgehead atoms. The predicted molar refractivity (Wildman–Crippen MR) is 419 cm³/mol. The molecule has 564 valence electrons. The van der Waals surface area contributed by atoms with Crippen LogP contribution < -0.4 is 0 Å². The van der Waals surface area contributed by atoms with Crippen LogP contribution in [0.25, 0.3) is 0 Å². The number of carbonyl (C=O) groups excluding carboxylic acids is 2. The van der Waals surface area contributed by atoms with Crippen molar-refractivity contribution in [3.63, 3.8) is 0 Å². The fourth-order valence-corrected chi connectivity index (χ4v) is 12.4. The Morgan fingerprint density at radius 3 is 0.876 bits per heavy atom. The molecule has 0 rings (SSSR count). The zero-order valence-corrected chi connectivity index (χ0v) is 64.7. The Kier molecular flexibility index (Phi) is 75.3. The minimum atomic E-state index is -1.52. The Bertz CT molecular complexity index is 1870. The number of nitrogens with zero attached hydrogens (tertiary/aromatic N) is 1. The molecule has 0 aliphatic heterocycles. The molecule has 0 fully saturated rings. The number of carbonyl (C=O) groups is 3. The van der Waals surface area contributed by atoms with Gasteiger partial charge in [-0.2, -0.15) is 0 Å². The van der Waals surface area contributed by atoms with Crippen molar-refractivity contribution >= 4 is 17.9 Å². The SMILES string of the molecule is CC/C=C\C/C=C\C/C=C\C/C=C\C/C=C\C/C=C\C/C=C\CCCCCCCCCCCC(=O)OC(COC(=O)CCCCCCCCCCCCCCCCCCCCCCCCCCCCCCCCCCCCCCCCCCC)COC(OCC[N+](C)(C)C)C(=O)O. The van der Waals surface area contributed by atoms with E-state index in [-0.39, 0.29) is 32.2 Å². The van der Waals surface area contributed by atoms with Gasteiger partial charge in [0.1, 0.15) is 13.2 Å². The number of carboxylic acids is 1. The van der Waals surface area contributed by atoms with Gasteiger partial charge in [0.05, 0.1) is 34.4 Å². The van der Waals surface area contributed by atoms with E-state index in [0.717, 1.165) is 89.9 Å². The number of likely N-dealkylation sites (N-methyl/N-ethyl adjacent to an activating group) is 1. The highest BCUT2D eigenvalue weighted by Crippen LogP contribution is 2.20. The number of aliphatic carboxylic acids is 1. The summed E-state index contributed by atoms with van der Waals surface area (Å²) in [7, 11) is 5.99. The van der Waals surface area contributed by atoms with Crippen molar-refractivity contribution < 1.29 is 42.9 Å². The topological polar surface area (TPSA) is 108 Å². The summed E-state index contributed by atoms with van der Waals surface area (Å²) in [6.07, 6.45) is 105. The molecule has 0 aromatic heterocycles. The molecular formula is C88H160NO8+. The Morgan fingerprint density at radius 1 is 0.320 bits per heavy atom. The number of quaternary nitrogens is 1. The third-order valence-electron chi connectivity index (χ3n) is 18.7. The highest BCUT2D eigenvalue weighted by atomic mass is 16.7. The maximum absolute atomic E-state index is 13.0. The summed E-state index contributed by atoms with van der Waals surface area (Å²) in [5.41, 5.74) is 0. The van der Waals surface area contributed by atoms with Crippen LogP contribution in [0.3, 0.4) is 0 Å². The van der Waals surface area contributed by atoms with E-state index in [1.807, 2.05) is 21.1 Å². The third kappa shape index (κ3) is 79.7. The zero-order chi connectivity index (χ0) is 70.4. The Balaban J connectivity index is 3.97. The van der Waals surface area contributed by atoms with Crippen molar-refractivity contribution in [2.24, 2.45) is 0 Å². The Labute approximate surface area is 601 Å². The minimum Gasteiger partial charge on any atom is -0.477 e. The smallest absolute Gasteiger partial charge is 0.361 e. The van der Waals surface area contributed by atoms with Gasteiger partial charge in [-0.3, -0.25) is 9.59 Å². The van der Waals surface area contributed by atoms with Gasteiger partial charge in [-0.05, 0) is 70.6 Å². The number of rotatable bonds is 78. The molecule has 0 aliphatic rings.